The number of carbonyl (C=O) groups excluding carboxylic acids is 4. The van der Waals surface area contributed by atoms with Gasteiger partial charge in [0, 0.05) is 33.7 Å². The Balaban J connectivity index is 1.74. The van der Waals surface area contributed by atoms with Crippen LogP contribution >= 0.6 is 0 Å². The lowest BCUT2D eigenvalue weighted by atomic mass is 9.88. The van der Waals surface area contributed by atoms with Crippen LogP contribution in [-0.4, -0.2) is 24.6 Å². The maximum atomic E-state index is 15.6. The van der Waals surface area contributed by atoms with Crippen LogP contribution in [-0.2, 0) is 9.47 Å². The van der Waals surface area contributed by atoms with Gasteiger partial charge in [0.05, 0.1) is 10.8 Å². The predicted molar refractivity (Wildman–Crippen MR) is 114 cm³/mol. The molecule has 2 aliphatic heterocycles. The summed E-state index contributed by atoms with van der Waals surface area (Å²) in [6, 6.07) is 7.22. The lowest BCUT2D eigenvalue weighted by molar-refractivity contribution is 0.0857. The van der Waals surface area contributed by atoms with Crippen LogP contribution in [0.4, 0.5) is 28.0 Å². The van der Waals surface area contributed by atoms with Gasteiger partial charge in [-0.25, -0.2) is 28.0 Å². The van der Waals surface area contributed by atoms with E-state index in [-0.39, 0.29) is 66.1 Å². The van der Waals surface area contributed by atoms with Crippen LogP contribution in [0.25, 0.3) is 43.1 Å². The largest absolute Gasteiger partial charge is 0.524 e. The van der Waals surface area contributed by atoms with Gasteiger partial charge in [-0.2, -0.15) is 0 Å². The Hall–Kier alpha value is -5.26. The second-order valence-corrected chi connectivity index (χ2v) is 7.80. The molecule has 0 aromatic heterocycles. The molecule has 12 heteroatoms. The van der Waals surface area contributed by atoms with Crippen LogP contribution < -0.4 is 18.9 Å². The van der Waals surface area contributed by atoms with E-state index in [1.165, 1.54) is 24.3 Å². The highest BCUT2D eigenvalue weighted by Gasteiger charge is 2.31. The molecule has 5 aromatic carbocycles. The van der Waals surface area contributed by atoms with Crippen molar-refractivity contribution < 1.29 is 56.4 Å². The number of ether oxygens (including phenoxy) is 6. The Labute approximate surface area is 195 Å². The summed E-state index contributed by atoms with van der Waals surface area (Å²) in [7, 11) is 0. The quantitative estimate of drug-likeness (QED) is 0.0827. The summed E-state index contributed by atoms with van der Waals surface area (Å²) in [5.74, 6) is -2.70. The Kier molecular flexibility index (Phi) is 3.73. The third-order valence-corrected chi connectivity index (χ3v) is 5.97. The van der Waals surface area contributed by atoms with E-state index in [2.05, 4.69) is 9.47 Å². The molecule has 0 saturated heterocycles. The lowest BCUT2D eigenvalue weighted by Gasteiger charge is -2.22. The van der Waals surface area contributed by atoms with Crippen LogP contribution in [0.3, 0.4) is 0 Å². The number of halogens is 2. The zero-order valence-electron chi connectivity index (χ0n) is 17.3. The van der Waals surface area contributed by atoms with Crippen LogP contribution in [0.2, 0.25) is 0 Å². The minimum absolute atomic E-state index is 0.0405. The van der Waals surface area contributed by atoms with Gasteiger partial charge in [-0.1, -0.05) is 0 Å². The summed E-state index contributed by atoms with van der Waals surface area (Å²) >= 11 is 0. The standard InChI is InChI=1S/C24H6F2O10/c25-9-5-13-19-14(34-24(30)36-23(29)33-13)6-10(26)17-8-2-4-12-18-11(31-21(27)35-22(28)32-12)3-1-7(15(8)18)16(9)20(17)19/h1-6H. The molecular weight excluding hydrogens is 486 g/mol. The Bertz CT molecular complexity index is 1770. The van der Waals surface area contributed by atoms with Gasteiger partial charge in [0.15, 0.2) is 0 Å². The van der Waals surface area contributed by atoms with E-state index in [0.29, 0.717) is 0 Å². The number of hydrogen-bond donors (Lipinski definition) is 0. The molecule has 0 spiro atoms. The average Bonchev–Trinajstić information content (AvgIpc) is 2.78. The van der Waals surface area contributed by atoms with Crippen molar-refractivity contribution in [2.45, 2.75) is 0 Å². The van der Waals surface area contributed by atoms with Crippen molar-refractivity contribution >= 4 is 67.7 Å². The van der Waals surface area contributed by atoms with Gasteiger partial charge in [0.1, 0.15) is 34.6 Å². The molecule has 10 nitrogen and oxygen atoms in total. The van der Waals surface area contributed by atoms with Crippen LogP contribution in [0.5, 0.6) is 23.0 Å². The summed E-state index contributed by atoms with van der Waals surface area (Å²) in [4.78, 5) is 47.5. The Morgan fingerprint density at radius 1 is 0.417 bits per heavy atom. The molecule has 0 saturated carbocycles. The summed E-state index contributed by atoms with van der Waals surface area (Å²) < 4.78 is 60.2. The van der Waals surface area contributed by atoms with E-state index in [1.54, 1.807) is 0 Å². The van der Waals surface area contributed by atoms with Gasteiger partial charge in [0.2, 0.25) is 0 Å². The monoisotopic (exact) mass is 492 g/mol. The molecule has 2 heterocycles. The smallest absolute Gasteiger partial charge is 0.394 e. The first-order valence-corrected chi connectivity index (χ1v) is 10.1. The first kappa shape index (κ1) is 20.1. The topological polar surface area (TPSA) is 124 Å². The molecule has 0 fully saturated rings. The number of cyclic esters (lactones) is 4. The molecule has 36 heavy (non-hydrogen) atoms. The number of carbonyl (C=O) groups is 4. The molecule has 0 N–H and O–H groups in total. The zero-order valence-corrected chi connectivity index (χ0v) is 17.3. The van der Waals surface area contributed by atoms with Crippen molar-refractivity contribution in [1.29, 1.82) is 0 Å². The molecular formula is C24H6F2O10. The van der Waals surface area contributed by atoms with Gasteiger partial charge < -0.3 is 28.4 Å². The van der Waals surface area contributed by atoms with E-state index in [4.69, 9.17) is 18.9 Å². The van der Waals surface area contributed by atoms with Crippen molar-refractivity contribution in [3.05, 3.63) is 48.0 Å². The van der Waals surface area contributed by atoms with Crippen LogP contribution in [0, 0.1) is 11.6 Å². The molecule has 7 rings (SSSR count). The highest BCUT2D eigenvalue weighted by Crippen LogP contribution is 2.51. The van der Waals surface area contributed by atoms with Crippen molar-refractivity contribution in [1.82, 2.24) is 0 Å². The second-order valence-electron chi connectivity index (χ2n) is 7.80. The second kappa shape index (κ2) is 6.66. The minimum atomic E-state index is -1.46. The van der Waals surface area contributed by atoms with E-state index in [9.17, 15) is 19.2 Å². The molecule has 5 aromatic rings. The number of fused-ring (bicyclic) bond motifs is 2. The normalized spacial score (nSPS) is 15.4. The fraction of sp³-hybridized carbons (Fsp3) is 0. The van der Waals surface area contributed by atoms with Gasteiger partial charge in [-0.3, -0.25) is 0 Å². The molecule has 0 unspecified atom stereocenters. The molecule has 0 aliphatic carbocycles. The average molecular weight is 492 g/mol. The summed E-state index contributed by atoms with van der Waals surface area (Å²) in [5, 5.41) is 0.396. The fourth-order valence-electron chi connectivity index (χ4n) is 4.79. The minimum Gasteiger partial charge on any atom is -0.394 e. The van der Waals surface area contributed by atoms with Gasteiger partial charge in [-0.15, -0.1) is 0 Å². The molecule has 0 bridgehead atoms. The maximum Gasteiger partial charge on any atom is 0.524 e. The Morgan fingerprint density at radius 3 is 1.25 bits per heavy atom. The summed E-state index contributed by atoms with van der Waals surface area (Å²) in [5.41, 5.74) is 0. The van der Waals surface area contributed by atoms with Gasteiger partial charge in [0.25, 0.3) is 0 Å². The van der Waals surface area contributed by atoms with Crippen LogP contribution in [0.1, 0.15) is 0 Å². The van der Waals surface area contributed by atoms with Crippen molar-refractivity contribution in [3.63, 3.8) is 0 Å². The van der Waals surface area contributed by atoms with Crippen LogP contribution in [0.15, 0.2) is 36.4 Å². The SMILES string of the molecule is O=C1OC(=O)Oc2ccc3c4c(F)cc5c6c(cc(F)c(c7ccc(c2c73)O1)c64)OC(=O)OC(=O)O5. The van der Waals surface area contributed by atoms with Crippen molar-refractivity contribution in [2.24, 2.45) is 0 Å². The molecule has 0 radical (unpaired) electrons. The lowest BCUT2D eigenvalue weighted by Crippen LogP contribution is -2.22. The number of rotatable bonds is 0. The van der Waals surface area contributed by atoms with Gasteiger partial charge in [-0.05, 0) is 35.0 Å². The van der Waals surface area contributed by atoms with E-state index in [0.717, 1.165) is 12.1 Å². The van der Waals surface area contributed by atoms with Crippen molar-refractivity contribution in [2.75, 3.05) is 0 Å². The Morgan fingerprint density at radius 2 is 0.806 bits per heavy atom. The maximum absolute atomic E-state index is 15.6. The third kappa shape index (κ3) is 2.57. The zero-order chi connectivity index (χ0) is 24.9. The summed E-state index contributed by atoms with van der Waals surface area (Å²) in [6.45, 7) is 0. The number of hydrogen-bond acceptors (Lipinski definition) is 10. The highest BCUT2D eigenvalue weighted by molar-refractivity contribution is 6.35. The highest BCUT2D eigenvalue weighted by atomic mass is 19.1. The van der Waals surface area contributed by atoms with Crippen molar-refractivity contribution in [3.8, 4) is 23.0 Å². The summed E-state index contributed by atoms with van der Waals surface area (Å²) in [6.07, 6.45) is -5.62. The number of benzene rings is 5. The van der Waals surface area contributed by atoms with E-state index >= 15 is 8.78 Å². The molecule has 0 atom stereocenters. The first-order chi connectivity index (χ1) is 17.3. The van der Waals surface area contributed by atoms with E-state index < -0.39 is 36.3 Å². The third-order valence-electron chi connectivity index (χ3n) is 5.97. The predicted octanol–water partition coefficient (Wildman–Crippen LogP) is 6.07. The van der Waals surface area contributed by atoms with Gasteiger partial charge >= 0.3 is 24.6 Å². The molecule has 176 valence electrons. The molecule has 2 aliphatic rings. The van der Waals surface area contributed by atoms with E-state index in [1.807, 2.05) is 0 Å². The molecule has 0 amide bonds. The first-order valence-electron chi connectivity index (χ1n) is 10.1. The fourth-order valence-corrected chi connectivity index (χ4v) is 4.79.